The van der Waals surface area contributed by atoms with Crippen LogP contribution in [0.15, 0.2) is 29.9 Å². The standard InChI is InChI=1S/C19H18FN5O3S/c1-10(12-6-13(20)8-21-7-12)22-19-23-14-3-5-29-16(14)15(24-19)17(26)25-4-2-11(9-25)18(27)28/h3,5-8,10-11H,2,4,9H2,1H3,(H,27,28)(H,22,23,24). The van der Waals surface area contributed by atoms with Gasteiger partial charge in [-0.1, -0.05) is 0 Å². The summed E-state index contributed by atoms with van der Waals surface area (Å²) in [5.41, 5.74) is 1.48. The molecule has 0 spiro atoms. The van der Waals surface area contributed by atoms with Gasteiger partial charge in [-0.05, 0) is 36.4 Å². The molecule has 10 heteroatoms. The molecule has 8 nitrogen and oxygen atoms in total. The van der Waals surface area contributed by atoms with Gasteiger partial charge in [0.2, 0.25) is 5.95 Å². The number of aromatic nitrogens is 3. The minimum absolute atomic E-state index is 0.166. The number of nitrogens with zero attached hydrogens (tertiary/aromatic N) is 4. The molecule has 4 heterocycles. The number of aliphatic carboxylic acids is 1. The summed E-state index contributed by atoms with van der Waals surface area (Å²) in [6.07, 6.45) is 3.10. The van der Waals surface area contributed by atoms with Crippen LogP contribution in [0, 0.1) is 11.7 Å². The zero-order valence-corrected chi connectivity index (χ0v) is 16.3. The average Bonchev–Trinajstić information content (AvgIpc) is 3.36. The van der Waals surface area contributed by atoms with Crippen molar-refractivity contribution in [2.45, 2.75) is 19.4 Å². The van der Waals surface area contributed by atoms with E-state index in [-0.39, 0.29) is 30.1 Å². The summed E-state index contributed by atoms with van der Waals surface area (Å²) in [6, 6.07) is 2.83. The van der Waals surface area contributed by atoms with Gasteiger partial charge in [0, 0.05) is 19.3 Å². The van der Waals surface area contributed by atoms with Crippen molar-refractivity contribution < 1.29 is 19.1 Å². The summed E-state index contributed by atoms with van der Waals surface area (Å²) < 4.78 is 14.1. The number of likely N-dealkylation sites (tertiary alicyclic amines) is 1. The van der Waals surface area contributed by atoms with Crippen molar-refractivity contribution in [3.05, 3.63) is 47.0 Å². The number of carbonyl (C=O) groups excluding carboxylic acids is 1. The topological polar surface area (TPSA) is 108 Å². The van der Waals surface area contributed by atoms with Crippen LogP contribution in [0.4, 0.5) is 10.3 Å². The number of pyridine rings is 1. The minimum Gasteiger partial charge on any atom is -0.481 e. The number of fused-ring (bicyclic) bond motifs is 1. The van der Waals surface area contributed by atoms with E-state index in [4.69, 9.17) is 0 Å². The molecule has 0 aromatic carbocycles. The van der Waals surface area contributed by atoms with Crippen LogP contribution in [0.3, 0.4) is 0 Å². The van der Waals surface area contributed by atoms with Crippen LogP contribution in [0.5, 0.6) is 0 Å². The molecule has 1 aliphatic rings. The number of carboxylic acids is 1. The summed E-state index contributed by atoms with van der Waals surface area (Å²) in [4.78, 5) is 38.5. The zero-order chi connectivity index (χ0) is 20.5. The third-order valence-electron chi connectivity index (χ3n) is 4.90. The molecule has 3 aromatic heterocycles. The van der Waals surface area contributed by atoms with Crippen LogP contribution < -0.4 is 5.32 Å². The van der Waals surface area contributed by atoms with E-state index in [0.29, 0.717) is 28.7 Å². The molecular formula is C19H18FN5O3S. The van der Waals surface area contributed by atoms with Crippen LogP contribution in [-0.4, -0.2) is 49.9 Å². The van der Waals surface area contributed by atoms with Gasteiger partial charge in [0.05, 0.1) is 28.4 Å². The first kappa shape index (κ1) is 19.2. The summed E-state index contributed by atoms with van der Waals surface area (Å²) >= 11 is 1.36. The maximum atomic E-state index is 13.5. The summed E-state index contributed by atoms with van der Waals surface area (Å²) in [5, 5.41) is 14.1. The quantitative estimate of drug-likeness (QED) is 0.659. The first-order chi connectivity index (χ1) is 13.9. The fourth-order valence-electron chi connectivity index (χ4n) is 3.31. The summed E-state index contributed by atoms with van der Waals surface area (Å²) in [5.74, 6) is -1.97. The number of nitrogens with one attached hydrogen (secondary N) is 1. The lowest BCUT2D eigenvalue weighted by Crippen LogP contribution is -2.31. The Morgan fingerprint density at radius 1 is 1.38 bits per heavy atom. The van der Waals surface area contributed by atoms with Gasteiger partial charge in [-0.2, -0.15) is 0 Å². The SMILES string of the molecule is CC(Nc1nc(C(=O)N2CCC(C(=O)O)C2)c2sccc2n1)c1cncc(F)c1. The Kier molecular flexibility index (Phi) is 5.10. The Balaban J connectivity index is 1.62. The van der Waals surface area contributed by atoms with Crippen LogP contribution in [0.1, 0.15) is 35.4 Å². The van der Waals surface area contributed by atoms with E-state index in [1.807, 2.05) is 12.3 Å². The molecule has 1 aliphatic heterocycles. The van der Waals surface area contributed by atoms with E-state index in [0.717, 1.165) is 6.20 Å². The lowest BCUT2D eigenvalue weighted by Gasteiger charge is -2.18. The molecule has 0 aliphatic carbocycles. The predicted octanol–water partition coefficient (Wildman–Crippen LogP) is 2.95. The number of anilines is 1. The second-order valence-electron chi connectivity index (χ2n) is 6.91. The molecule has 29 heavy (non-hydrogen) atoms. The first-order valence-electron chi connectivity index (χ1n) is 9.06. The number of amides is 1. The van der Waals surface area contributed by atoms with Gasteiger partial charge in [-0.3, -0.25) is 14.6 Å². The van der Waals surface area contributed by atoms with Gasteiger partial charge in [-0.25, -0.2) is 14.4 Å². The molecule has 0 radical (unpaired) electrons. The predicted molar refractivity (Wildman–Crippen MR) is 105 cm³/mol. The first-order valence-corrected chi connectivity index (χ1v) is 9.94. The van der Waals surface area contributed by atoms with Crippen LogP contribution in [0.25, 0.3) is 10.2 Å². The van der Waals surface area contributed by atoms with E-state index < -0.39 is 17.7 Å². The Hall–Kier alpha value is -3.14. The van der Waals surface area contributed by atoms with Crippen molar-refractivity contribution in [1.82, 2.24) is 19.9 Å². The van der Waals surface area contributed by atoms with E-state index >= 15 is 0 Å². The van der Waals surface area contributed by atoms with Crippen LogP contribution >= 0.6 is 11.3 Å². The number of carboxylic acid groups (broad SMARTS) is 1. The molecule has 2 atom stereocenters. The highest BCUT2D eigenvalue weighted by Crippen LogP contribution is 2.28. The molecule has 0 bridgehead atoms. The van der Waals surface area contributed by atoms with Crippen molar-refractivity contribution in [2.75, 3.05) is 18.4 Å². The van der Waals surface area contributed by atoms with Crippen molar-refractivity contribution in [2.24, 2.45) is 5.92 Å². The third-order valence-corrected chi connectivity index (χ3v) is 5.81. The lowest BCUT2D eigenvalue weighted by atomic mass is 10.1. The Bertz CT molecular complexity index is 1090. The second-order valence-corrected chi connectivity index (χ2v) is 7.82. The fraction of sp³-hybridized carbons (Fsp3) is 0.316. The van der Waals surface area contributed by atoms with Crippen LogP contribution in [-0.2, 0) is 4.79 Å². The molecule has 1 amide bonds. The Morgan fingerprint density at radius 3 is 2.93 bits per heavy atom. The maximum absolute atomic E-state index is 13.5. The third kappa shape index (κ3) is 3.88. The number of rotatable bonds is 5. The van der Waals surface area contributed by atoms with E-state index in [2.05, 4.69) is 20.3 Å². The van der Waals surface area contributed by atoms with Crippen molar-refractivity contribution >= 4 is 39.4 Å². The van der Waals surface area contributed by atoms with E-state index in [1.165, 1.54) is 22.3 Å². The number of carbonyl (C=O) groups is 2. The van der Waals surface area contributed by atoms with Gasteiger partial charge in [0.15, 0.2) is 5.69 Å². The monoisotopic (exact) mass is 415 g/mol. The number of halogens is 1. The zero-order valence-electron chi connectivity index (χ0n) is 15.5. The largest absolute Gasteiger partial charge is 0.481 e. The van der Waals surface area contributed by atoms with Gasteiger partial charge in [-0.15, -0.1) is 11.3 Å². The molecule has 150 valence electrons. The van der Waals surface area contributed by atoms with E-state index in [1.54, 1.807) is 12.3 Å². The second kappa shape index (κ2) is 7.70. The van der Waals surface area contributed by atoms with E-state index in [9.17, 15) is 19.1 Å². The van der Waals surface area contributed by atoms with Crippen molar-refractivity contribution in [1.29, 1.82) is 0 Å². The van der Waals surface area contributed by atoms with Crippen LogP contribution in [0.2, 0.25) is 0 Å². The molecule has 2 N–H and O–H groups in total. The number of hydrogen-bond acceptors (Lipinski definition) is 7. The molecule has 3 aromatic rings. The molecule has 1 fully saturated rings. The number of thiophene rings is 1. The van der Waals surface area contributed by atoms with Gasteiger partial charge in [0.1, 0.15) is 5.82 Å². The van der Waals surface area contributed by atoms with Crippen molar-refractivity contribution in [3.8, 4) is 0 Å². The highest BCUT2D eigenvalue weighted by Gasteiger charge is 2.33. The average molecular weight is 415 g/mol. The van der Waals surface area contributed by atoms with Crippen molar-refractivity contribution in [3.63, 3.8) is 0 Å². The summed E-state index contributed by atoms with van der Waals surface area (Å²) in [6.45, 7) is 2.36. The molecule has 0 saturated carbocycles. The highest BCUT2D eigenvalue weighted by atomic mass is 32.1. The van der Waals surface area contributed by atoms with Gasteiger partial charge < -0.3 is 15.3 Å². The molecule has 4 rings (SSSR count). The van der Waals surface area contributed by atoms with Gasteiger partial charge in [0.25, 0.3) is 5.91 Å². The maximum Gasteiger partial charge on any atom is 0.308 e. The normalized spacial score (nSPS) is 17.4. The van der Waals surface area contributed by atoms with Gasteiger partial charge >= 0.3 is 5.97 Å². The fourth-order valence-corrected chi connectivity index (χ4v) is 4.12. The smallest absolute Gasteiger partial charge is 0.308 e. The molecular weight excluding hydrogens is 397 g/mol. The lowest BCUT2D eigenvalue weighted by molar-refractivity contribution is -0.141. The highest BCUT2D eigenvalue weighted by molar-refractivity contribution is 7.17. The molecule has 1 saturated heterocycles. The Morgan fingerprint density at radius 2 is 2.21 bits per heavy atom. The number of hydrogen-bond donors (Lipinski definition) is 2. The molecule has 2 unspecified atom stereocenters. The summed E-state index contributed by atoms with van der Waals surface area (Å²) in [7, 11) is 0. The minimum atomic E-state index is -0.899. The Labute approximate surface area is 169 Å².